The van der Waals surface area contributed by atoms with Crippen LogP contribution in [0.3, 0.4) is 0 Å². The van der Waals surface area contributed by atoms with Crippen LogP contribution in [-0.2, 0) is 9.59 Å². The highest BCUT2D eigenvalue weighted by Gasteiger charge is 2.53. The fourth-order valence-electron chi connectivity index (χ4n) is 3.64. The minimum Gasteiger partial charge on any atom is -0.479 e. The molecule has 1 fully saturated rings. The van der Waals surface area contributed by atoms with Gasteiger partial charge in [-0.3, -0.25) is 9.69 Å². The quantitative estimate of drug-likeness (QED) is 0.404. The fraction of sp³-hybridized carbons (Fsp3) is 0.895. The van der Waals surface area contributed by atoms with Crippen molar-refractivity contribution in [2.24, 2.45) is 11.8 Å². The number of aliphatic carboxylic acids is 1. The third-order valence-corrected chi connectivity index (χ3v) is 5.74. The number of carboxylic acids is 1. The summed E-state index contributed by atoms with van der Waals surface area (Å²) < 4.78 is 0. The summed E-state index contributed by atoms with van der Waals surface area (Å²) >= 11 is 0. The second kappa shape index (κ2) is 9.78. The van der Waals surface area contributed by atoms with Gasteiger partial charge in [-0.05, 0) is 19.4 Å². The van der Waals surface area contributed by atoms with E-state index in [1.54, 1.807) is 13.8 Å². The maximum atomic E-state index is 12.8. The lowest BCUT2D eigenvalue weighted by molar-refractivity contribution is -0.166. The number of Topliss-reactive ketones (excluding diaryl/α,β-unsaturated/α-hetero) is 1. The summed E-state index contributed by atoms with van der Waals surface area (Å²) in [5.41, 5.74) is -2.06. The molecule has 7 heteroatoms. The molecule has 1 rings (SSSR count). The zero-order chi connectivity index (χ0) is 20.1. The zero-order valence-electron chi connectivity index (χ0n) is 16.4. The fourth-order valence-corrected chi connectivity index (χ4v) is 3.64. The maximum absolute atomic E-state index is 12.8. The van der Waals surface area contributed by atoms with Gasteiger partial charge in [-0.25, -0.2) is 4.79 Å². The van der Waals surface area contributed by atoms with Crippen molar-refractivity contribution in [3.8, 4) is 0 Å². The third kappa shape index (κ3) is 5.03. The van der Waals surface area contributed by atoms with Crippen LogP contribution in [0.2, 0.25) is 0 Å². The van der Waals surface area contributed by atoms with Gasteiger partial charge in [-0.15, -0.1) is 0 Å². The number of carboxylic acid groups (broad SMARTS) is 1. The molecule has 26 heavy (non-hydrogen) atoms. The molecular formula is C19H35NO6. The molecule has 0 spiro atoms. The van der Waals surface area contributed by atoms with Crippen LogP contribution in [0.5, 0.6) is 0 Å². The maximum Gasteiger partial charge on any atom is 0.336 e. The molecule has 0 aliphatic carbocycles. The highest BCUT2D eigenvalue weighted by molar-refractivity contribution is 5.90. The highest BCUT2D eigenvalue weighted by atomic mass is 16.4. The molecule has 0 amide bonds. The molecule has 0 aromatic rings. The van der Waals surface area contributed by atoms with Crippen LogP contribution in [-0.4, -0.2) is 68.1 Å². The summed E-state index contributed by atoms with van der Waals surface area (Å²) in [6.45, 7) is 5.27. The molecule has 7 nitrogen and oxygen atoms in total. The first-order chi connectivity index (χ1) is 12.1. The van der Waals surface area contributed by atoms with Gasteiger partial charge in [0.2, 0.25) is 0 Å². The summed E-state index contributed by atoms with van der Waals surface area (Å²) in [6.07, 6.45) is 3.03. The normalized spacial score (nSPS) is 27.7. The lowest BCUT2D eigenvalue weighted by Gasteiger charge is -2.32. The van der Waals surface area contributed by atoms with Crippen molar-refractivity contribution in [1.29, 1.82) is 0 Å². The number of likely N-dealkylation sites (N-methyl/N-ethyl adjacent to an activating group) is 1. The SMILES string of the molecule is CCCCCCCC(O)C1C(=O)[C@@H](C[C@@](O)(C(=O)O)C(C)C)N(C)C1O. The van der Waals surface area contributed by atoms with E-state index in [0.29, 0.717) is 6.42 Å². The lowest BCUT2D eigenvalue weighted by atomic mass is 9.82. The van der Waals surface area contributed by atoms with Crippen LogP contribution < -0.4 is 0 Å². The standard InChI is InChI=1S/C19H35NO6/c1-5-6-7-8-9-10-14(21)15-16(22)13(20(4)17(15)23)11-19(26,12(2)3)18(24)25/h12-15,17,21,23,26H,5-11H2,1-4H3,(H,24,25)/t13-,14?,15?,17?,19+/m1/s1. The van der Waals surface area contributed by atoms with E-state index in [9.17, 15) is 30.0 Å². The number of carbonyl (C=O) groups is 2. The van der Waals surface area contributed by atoms with Crippen LogP contribution in [0.15, 0.2) is 0 Å². The van der Waals surface area contributed by atoms with Gasteiger partial charge in [0, 0.05) is 6.42 Å². The van der Waals surface area contributed by atoms with Crippen molar-refractivity contribution < 1.29 is 30.0 Å². The van der Waals surface area contributed by atoms with E-state index in [2.05, 4.69) is 6.92 Å². The van der Waals surface area contributed by atoms with Crippen molar-refractivity contribution in [3.63, 3.8) is 0 Å². The zero-order valence-corrected chi connectivity index (χ0v) is 16.4. The number of hydrogen-bond donors (Lipinski definition) is 4. The Balaban J connectivity index is 2.78. The molecule has 1 aliphatic rings. The third-order valence-electron chi connectivity index (χ3n) is 5.74. The molecule has 152 valence electrons. The number of ketones is 1. The number of likely N-dealkylation sites (tertiary alicyclic amines) is 1. The minimum atomic E-state index is -2.06. The van der Waals surface area contributed by atoms with E-state index in [4.69, 9.17) is 0 Å². The predicted octanol–water partition coefficient (Wildman–Crippen LogP) is 1.39. The van der Waals surface area contributed by atoms with Crippen LogP contribution in [0.1, 0.15) is 65.7 Å². The van der Waals surface area contributed by atoms with E-state index < -0.39 is 47.6 Å². The Morgan fingerprint density at radius 3 is 2.31 bits per heavy atom. The highest BCUT2D eigenvalue weighted by Crippen LogP contribution is 2.34. The molecule has 0 aromatic carbocycles. The average Bonchev–Trinajstić information content (AvgIpc) is 2.77. The van der Waals surface area contributed by atoms with E-state index in [1.165, 1.54) is 11.9 Å². The first kappa shape index (κ1) is 23.0. The number of carbonyl (C=O) groups excluding carboxylic acids is 1. The molecule has 1 aliphatic heterocycles. The Kier molecular flexibility index (Phi) is 8.66. The molecule has 5 atom stereocenters. The summed E-state index contributed by atoms with van der Waals surface area (Å²) in [4.78, 5) is 25.6. The molecule has 3 unspecified atom stereocenters. The second-order valence-corrected chi connectivity index (χ2v) is 7.88. The summed E-state index contributed by atoms with van der Waals surface area (Å²) in [5.74, 6) is -3.35. The van der Waals surface area contributed by atoms with Gasteiger partial charge in [-0.1, -0.05) is 52.9 Å². The van der Waals surface area contributed by atoms with Crippen molar-refractivity contribution >= 4 is 11.8 Å². The summed E-state index contributed by atoms with van der Waals surface area (Å²) in [6, 6.07) is -0.937. The number of aliphatic hydroxyl groups excluding tert-OH is 2. The van der Waals surface area contributed by atoms with Gasteiger partial charge in [0.25, 0.3) is 0 Å². The second-order valence-electron chi connectivity index (χ2n) is 7.88. The molecule has 4 N–H and O–H groups in total. The molecule has 0 aromatic heterocycles. The number of rotatable bonds is 11. The van der Waals surface area contributed by atoms with Gasteiger partial charge >= 0.3 is 5.97 Å². The summed E-state index contributed by atoms with van der Waals surface area (Å²) in [7, 11) is 1.52. The van der Waals surface area contributed by atoms with Gasteiger partial charge in [0.05, 0.1) is 18.1 Å². The molecule has 0 saturated carbocycles. The summed E-state index contributed by atoms with van der Waals surface area (Å²) in [5, 5.41) is 40.7. The Labute approximate surface area is 156 Å². The van der Waals surface area contributed by atoms with Gasteiger partial charge in [-0.2, -0.15) is 0 Å². The van der Waals surface area contributed by atoms with Crippen LogP contribution in [0.4, 0.5) is 0 Å². The topological polar surface area (TPSA) is 118 Å². The Morgan fingerprint density at radius 1 is 1.23 bits per heavy atom. The van der Waals surface area contributed by atoms with Gasteiger partial charge in [0.15, 0.2) is 11.4 Å². The number of hydrogen-bond acceptors (Lipinski definition) is 6. The number of unbranched alkanes of at least 4 members (excludes halogenated alkanes) is 4. The minimum absolute atomic E-state index is 0.313. The van der Waals surface area contributed by atoms with Gasteiger partial charge in [0.1, 0.15) is 6.23 Å². The van der Waals surface area contributed by atoms with E-state index in [0.717, 1.165) is 32.1 Å². The molecule has 1 saturated heterocycles. The monoisotopic (exact) mass is 373 g/mol. The van der Waals surface area contributed by atoms with Crippen LogP contribution >= 0.6 is 0 Å². The van der Waals surface area contributed by atoms with E-state index >= 15 is 0 Å². The van der Waals surface area contributed by atoms with Crippen molar-refractivity contribution in [2.45, 2.75) is 89.7 Å². The van der Waals surface area contributed by atoms with Crippen LogP contribution in [0, 0.1) is 11.8 Å². The first-order valence-electron chi connectivity index (χ1n) is 9.65. The smallest absolute Gasteiger partial charge is 0.336 e. The Bertz CT molecular complexity index is 483. The van der Waals surface area contributed by atoms with Crippen LogP contribution in [0.25, 0.3) is 0 Å². The van der Waals surface area contributed by atoms with Crippen molar-refractivity contribution in [3.05, 3.63) is 0 Å². The lowest BCUT2D eigenvalue weighted by Crippen LogP contribution is -2.50. The molecule has 1 heterocycles. The first-order valence-corrected chi connectivity index (χ1v) is 9.65. The average molecular weight is 373 g/mol. The number of aliphatic hydroxyl groups is 3. The van der Waals surface area contributed by atoms with E-state index in [1.807, 2.05) is 0 Å². The molecule has 0 bridgehead atoms. The molecular weight excluding hydrogens is 338 g/mol. The van der Waals surface area contributed by atoms with Crippen molar-refractivity contribution in [2.75, 3.05) is 7.05 Å². The van der Waals surface area contributed by atoms with E-state index in [-0.39, 0.29) is 6.42 Å². The Morgan fingerprint density at radius 2 is 1.81 bits per heavy atom. The van der Waals surface area contributed by atoms with Gasteiger partial charge < -0.3 is 20.4 Å². The largest absolute Gasteiger partial charge is 0.479 e. The predicted molar refractivity (Wildman–Crippen MR) is 97.5 cm³/mol. The van der Waals surface area contributed by atoms with Crippen molar-refractivity contribution in [1.82, 2.24) is 4.90 Å². The Hall–Kier alpha value is -1.02. The molecule has 0 radical (unpaired) electrons. The number of nitrogens with zero attached hydrogens (tertiary/aromatic N) is 1.